The first-order chi connectivity index (χ1) is 12.6. The van der Waals surface area contributed by atoms with Gasteiger partial charge in [-0.15, -0.1) is 0 Å². The normalized spacial score (nSPS) is 15.8. The average Bonchev–Trinajstić information content (AvgIpc) is 3.20. The molecule has 0 spiro atoms. The fraction of sp³-hybridized carbons (Fsp3) is 0.350. The standard InChI is InChI=1S/C20H24N2O3S/c23-20(22-14-7-8-15-22)19(18-11-5-2-6-12-18)21-26(24,25)16-13-17-9-3-1-4-10-17/h1-6,9-12,19,21H,7-8,13-16H2/t19-/m0/s1. The van der Waals surface area contributed by atoms with Gasteiger partial charge in [-0.1, -0.05) is 60.7 Å². The van der Waals surface area contributed by atoms with Gasteiger partial charge >= 0.3 is 0 Å². The third-order valence-corrected chi connectivity index (χ3v) is 5.93. The molecule has 1 aliphatic heterocycles. The zero-order valence-electron chi connectivity index (χ0n) is 14.7. The molecule has 0 unspecified atom stereocenters. The van der Waals surface area contributed by atoms with Crippen LogP contribution >= 0.6 is 0 Å². The molecule has 0 aliphatic carbocycles. The van der Waals surface area contributed by atoms with Crippen molar-refractivity contribution in [3.63, 3.8) is 0 Å². The molecule has 5 nitrogen and oxygen atoms in total. The fourth-order valence-corrected chi connectivity index (χ4v) is 4.38. The summed E-state index contributed by atoms with van der Waals surface area (Å²) in [6.45, 7) is 1.38. The predicted octanol–water partition coefficient (Wildman–Crippen LogP) is 2.51. The predicted molar refractivity (Wildman–Crippen MR) is 102 cm³/mol. The molecule has 138 valence electrons. The van der Waals surface area contributed by atoms with E-state index >= 15 is 0 Å². The number of likely N-dealkylation sites (tertiary alicyclic amines) is 1. The van der Waals surface area contributed by atoms with E-state index in [4.69, 9.17) is 0 Å². The number of amides is 1. The lowest BCUT2D eigenvalue weighted by Gasteiger charge is -2.24. The highest BCUT2D eigenvalue weighted by atomic mass is 32.2. The molecule has 0 bridgehead atoms. The van der Waals surface area contributed by atoms with Gasteiger partial charge in [-0.3, -0.25) is 4.79 Å². The number of carbonyl (C=O) groups is 1. The second-order valence-electron chi connectivity index (χ2n) is 6.55. The van der Waals surface area contributed by atoms with Crippen LogP contribution in [0.2, 0.25) is 0 Å². The molecule has 1 atom stereocenters. The zero-order chi connectivity index (χ0) is 18.4. The molecule has 1 heterocycles. The largest absolute Gasteiger partial charge is 0.341 e. The molecular weight excluding hydrogens is 348 g/mol. The summed E-state index contributed by atoms with van der Waals surface area (Å²) in [7, 11) is -3.60. The van der Waals surface area contributed by atoms with Gasteiger partial charge in [0.05, 0.1) is 5.75 Å². The van der Waals surface area contributed by atoms with Crippen LogP contribution in [-0.4, -0.2) is 38.1 Å². The first-order valence-corrected chi connectivity index (χ1v) is 10.6. The van der Waals surface area contributed by atoms with Gasteiger partial charge < -0.3 is 4.90 Å². The molecule has 2 aromatic rings. The quantitative estimate of drug-likeness (QED) is 0.812. The second-order valence-corrected chi connectivity index (χ2v) is 8.42. The Morgan fingerprint density at radius 2 is 1.54 bits per heavy atom. The van der Waals surface area contributed by atoms with E-state index in [1.807, 2.05) is 48.5 Å². The fourth-order valence-electron chi connectivity index (χ4n) is 3.16. The van der Waals surface area contributed by atoms with E-state index in [0.29, 0.717) is 25.1 Å². The molecule has 0 aromatic heterocycles. The van der Waals surface area contributed by atoms with Crippen molar-refractivity contribution in [3.8, 4) is 0 Å². The average molecular weight is 372 g/mol. The summed E-state index contributed by atoms with van der Waals surface area (Å²) >= 11 is 0. The summed E-state index contributed by atoms with van der Waals surface area (Å²) < 4.78 is 27.9. The summed E-state index contributed by atoms with van der Waals surface area (Å²) in [6.07, 6.45) is 2.34. The minimum Gasteiger partial charge on any atom is -0.341 e. The molecule has 6 heteroatoms. The van der Waals surface area contributed by atoms with E-state index in [-0.39, 0.29) is 11.7 Å². The van der Waals surface area contributed by atoms with Crippen molar-refractivity contribution in [1.82, 2.24) is 9.62 Å². The van der Waals surface area contributed by atoms with Crippen LogP contribution in [0.15, 0.2) is 60.7 Å². The maximum absolute atomic E-state index is 12.9. The Hall–Kier alpha value is -2.18. The molecule has 0 saturated carbocycles. The topological polar surface area (TPSA) is 66.5 Å². The summed E-state index contributed by atoms with van der Waals surface area (Å²) in [4.78, 5) is 14.6. The first kappa shape index (κ1) is 18.6. The number of hydrogen-bond acceptors (Lipinski definition) is 3. The van der Waals surface area contributed by atoms with Crippen LogP contribution in [0.3, 0.4) is 0 Å². The van der Waals surface area contributed by atoms with E-state index in [1.54, 1.807) is 17.0 Å². The zero-order valence-corrected chi connectivity index (χ0v) is 15.5. The smallest absolute Gasteiger partial charge is 0.245 e. The van der Waals surface area contributed by atoms with Gasteiger partial charge in [0.25, 0.3) is 0 Å². The Morgan fingerprint density at radius 1 is 0.962 bits per heavy atom. The van der Waals surface area contributed by atoms with Crippen LogP contribution in [0.5, 0.6) is 0 Å². The Bertz CT molecular complexity index is 817. The van der Waals surface area contributed by atoms with Crippen molar-refractivity contribution in [2.45, 2.75) is 25.3 Å². The van der Waals surface area contributed by atoms with Crippen molar-refractivity contribution in [2.24, 2.45) is 0 Å². The van der Waals surface area contributed by atoms with Crippen LogP contribution in [0, 0.1) is 0 Å². The Balaban J connectivity index is 1.74. The monoisotopic (exact) mass is 372 g/mol. The molecule has 0 radical (unpaired) electrons. The highest BCUT2D eigenvalue weighted by Gasteiger charge is 2.30. The maximum atomic E-state index is 12.9. The van der Waals surface area contributed by atoms with Gasteiger partial charge in [-0.25, -0.2) is 8.42 Å². The Labute approximate surface area is 155 Å². The van der Waals surface area contributed by atoms with Crippen LogP contribution in [0.1, 0.15) is 30.0 Å². The summed E-state index contributed by atoms with van der Waals surface area (Å²) in [5, 5.41) is 0. The van der Waals surface area contributed by atoms with Crippen molar-refractivity contribution in [1.29, 1.82) is 0 Å². The van der Waals surface area contributed by atoms with Crippen molar-refractivity contribution < 1.29 is 13.2 Å². The maximum Gasteiger partial charge on any atom is 0.245 e. The molecule has 3 rings (SSSR count). The second kappa shape index (κ2) is 8.47. The number of rotatable bonds is 7. The molecular formula is C20H24N2O3S. The van der Waals surface area contributed by atoms with Crippen molar-refractivity contribution in [3.05, 3.63) is 71.8 Å². The molecule has 1 aliphatic rings. The number of hydrogen-bond donors (Lipinski definition) is 1. The molecule has 26 heavy (non-hydrogen) atoms. The molecule has 1 fully saturated rings. The SMILES string of the molecule is O=C([C@@H](NS(=O)(=O)CCc1ccccc1)c1ccccc1)N1CCCC1. The first-order valence-electron chi connectivity index (χ1n) is 8.93. The molecule has 1 amide bonds. The molecule has 1 N–H and O–H groups in total. The number of sulfonamides is 1. The molecule has 1 saturated heterocycles. The minimum absolute atomic E-state index is 0.0480. The Kier molecular flexibility index (Phi) is 6.06. The van der Waals surface area contributed by atoms with E-state index in [0.717, 1.165) is 18.4 Å². The summed E-state index contributed by atoms with van der Waals surface area (Å²) in [5.74, 6) is -0.217. The van der Waals surface area contributed by atoms with Gasteiger partial charge in [-0.05, 0) is 30.4 Å². The highest BCUT2D eigenvalue weighted by molar-refractivity contribution is 7.89. The van der Waals surface area contributed by atoms with E-state index in [2.05, 4.69) is 4.72 Å². The minimum atomic E-state index is -3.60. The lowest BCUT2D eigenvalue weighted by Crippen LogP contribution is -2.42. The number of nitrogens with zero attached hydrogens (tertiary/aromatic N) is 1. The Morgan fingerprint density at radius 3 is 2.15 bits per heavy atom. The molecule has 2 aromatic carbocycles. The third-order valence-electron chi connectivity index (χ3n) is 4.60. The number of aryl methyl sites for hydroxylation is 1. The lowest BCUT2D eigenvalue weighted by atomic mass is 10.1. The van der Waals surface area contributed by atoms with Crippen LogP contribution in [0.25, 0.3) is 0 Å². The van der Waals surface area contributed by atoms with Gasteiger partial charge in [0.1, 0.15) is 6.04 Å². The lowest BCUT2D eigenvalue weighted by molar-refractivity contribution is -0.132. The number of nitrogens with one attached hydrogen (secondary N) is 1. The highest BCUT2D eigenvalue weighted by Crippen LogP contribution is 2.20. The summed E-state index contributed by atoms with van der Waals surface area (Å²) in [6, 6.07) is 17.7. The van der Waals surface area contributed by atoms with E-state index in [1.165, 1.54) is 0 Å². The van der Waals surface area contributed by atoms with Gasteiger partial charge in [0.2, 0.25) is 15.9 Å². The van der Waals surface area contributed by atoms with Crippen LogP contribution in [0.4, 0.5) is 0 Å². The van der Waals surface area contributed by atoms with E-state index in [9.17, 15) is 13.2 Å². The number of benzene rings is 2. The van der Waals surface area contributed by atoms with Crippen LogP contribution < -0.4 is 4.72 Å². The van der Waals surface area contributed by atoms with Crippen LogP contribution in [-0.2, 0) is 21.2 Å². The van der Waals surface area contributed by atoms with Crippen molar-refractivity contribution in [2.75, 3.05) is 18.8 Å². The third kappa shape index (κ3) is 4.93. The van der Waals surface area contributed by atoms with Gasteiger partial charge in [0, 0.05) is 13.1 Å². The van der Waals surface area contributed by atoms with Gasteiger partial charge in [-0.2, -0.15) is 4.72 Å². The summed E-state index contributed by atoms with van der Waals surface area (Å²) in [5.41, 5.74) is 1.63. The van der Waals surface area contributed by atoms with E-state index < -0.39 is 16.1 Å². The number of carbonyl (C=O) groups excluding carboxylic acids is 1. The van der Waals surface area contributed by atoms with Gasteiger partial charge in [0.15, 0.2) is 0 Å². The van der Waals surface area contributed by atoms with Crippen molar-refractivity contribution >= 4 is 15.9 Å².